The van der Waals surface area contributed by atoms with Gasteiger partial charge in [-0.25, -0.2) is 14.2 Å². The van der Waals surface area contributed by atoms with E-state index in [0.717, 1.165) is 23.1 Å². The van der Waals surface area contributed by atoms with Gasteiger partial charge in [0.1, 0.15) is 23.2 Å². The van der Waals surface area contributed by atoms with E-state index in [1.165, 1.54) is 23.9 Å². The predicted molar refractivity (Wildman–Crippen MR) is 100 cm³/mol. The highest BCUT2D eigenvalue weighted by atomic mass is 32.2. The van der Waals surface area contributed by atoms with E-state index in [0.29, 0.717) is 16.3 Å². The van der Waals surface area contributed by atoms with Gasteiger partial charge in [0.15, 0.2) is 0 Å². The summed E-state index contributed by atoms with van der Waals surface area (Å²) in [6.45, 7) is 3.45. The number of thioether (sulfide) groups is 1. The van der Waals surface area contributed by atoms with E-state index in [1.807, 2.05) is 19.9 Å². The summed E-state index contributed by atoms with van der Waals surface area (Å²) in [6, 6.07) is 9.12. The van der Waals surface area contributed by atoms with Crippen LogP contribution in [0.5, 0.6) is 0 Å². The number of halogens is 1. The van der Waals surface area contributed by atoms with Gasteiger partial charge in [0.25, 0.3) is 0 Å². The van der Waals surface area contributed by atoms with Crippen LogP contribution in [0, 0.1) is 31.0 Å². The van der Waals surface area contributed by atoms with E-state index >= 15 is 0 Å². The van der Waals surface area contributed by atoms with Crippen LogP contribution in [0.2, 0.25) is 0 Å². The van der Waals surface area contributed by atoms with Gasteiger partial charge in [0.05, 0.1) is 22.9 Å². The van der Waals surface area contributed by atoms with E-state index in [-0.39, 0.29) is 17.7 Å². The van der Waals surface area contributed by atoms with Crippen LogP contribution < -0.4 is 0 Å². The number of ether oxygens (including phenoxy) is 1. The van der Waals surface area contributed by atoms with Crippen LogP contribution in [-0.2, 0) is 17.1 Å². The fraction of sp³-hybridized carbons (Fsp3) is 0.200. The minimum absolute atomic E-state index is 0.196. The Morgan fingerprint density at radius 3 is 2.86 bits per heavy atom. The van der Waals surface area contributed by atoms with E-state index in [2.05, 4.69) is 10.1 Å². The largest absolute Gasteiger partial charge is 0.457 e. The number of nitriles is 1. The van der Waals surface area contributed by atoms with E-state index in [9.17, 15) is 9.18 Å². The molecular weight excluding hydrogens is 381 g/mol. The highest BCUT2D eigenvalue weighted by Crippen LogP contribution is 2.27. The third kappa shape index (κ3) is 4.38. The standard InChI is InChI=1S/C20H16FN3O3S/c1-12-17(13(2)27-24-12)11-28-19-16(4-3-7-23-19)20(25)26-10-15-6-5-14(9-22)8-18(15)21/h3-8H,10-11H2,1-2H3. The molecule has 0 aliphatic rings. The number of rotatable bonds is 6. The molecule has 0 atom stereocenters. The van der Waals surface area contributed by atoms with Crippen LogP contribution in [0.4, 0.5) is 4.39 Å². The first-order valence-electron chi connectivity index (χ1n) is 8.34. The van der Waals surface area contributed by atoms with Crippen LogP contribution in [-0.4, -0.2) is 16.1 Å². The number of benzene rings is 1. The van der Waals surface area contributed by atoms with Crippen LogP contribution >= 0.6 is 11.8 Å². The van der Waals surface area contributed by atoms with Crippen molar-refractivity contribution < 1.29 is 18.4 Å². The number of hydrogen-bond donors (Lipinski definition) is 0. The first-order valence-corrected chi connectivity index (χ1v) is 9.33. The van der Waals surface area contributed by atoms with E-state index < -0.39 is 11.8 Å². The molecule has 0 N–H and O–H groups in total. The second-order valence-electron chi connectivity index (χ2n) is 5.94. The highest BCUT2D eigenvalue weighted by molar-refractivity contribution is 7.98. The van der Waals surface area contributed by atoms with Gasteiger partial charge < -0.3 is 9.26 Å². The minimum atomic E-state index is -0.599. The first kappa shape index (κ1) is 19.6. The van der Waals surface area contributed by atoms with Crippen molar-refractivity contribution >= 4 is 17.7 Å². The monoisotopic (exact) mass is 397 g/mol. The Kier molecular flexibility index (Phi) is 6.06. The van der Waals surface area contributed by atoms with Crippen molar-refractivity contribution in [3.05, 3.63) is 76.1 Å². The van der Waals surface area contributed by atoms with Gasteiger partial charge in [-0.05, 0) is 38.1 Å². The maximum atomic E-state index is 13.9. The number of aromatic nitrogens is 2. The van der Waals surface area contributed by atoms with Gasteiger partial charge in [0.2, 0.25) is 0 Å². The molecule has 2 heterocycles. The number of pyridine rings is 1. The quantitative estimate of drug-likeness (QED) is 0.451. The number of esters is 1. The van der Waals surface area contributed by atoms with Gasteiger partial charge in [-0.2, -0.15) is 5.26 Å². The molecule has 0 bridgehead atoms. The van der Waals surface area contributed by atoms with Crippen LogP contribution in [0.1, 0.15) is 38.5 Å². The lowest BCUT2D eigenvalue weighted by Crippen LogP contribution is -2.08. The van der Waals surface area contributed by atoms with Crippen molar-refractivity contribution in [3.63, 3.8) is 0 Å². The molecule has 0 aliphatic carbocycles. The van der Waals surface area contributed by atoms with Gasteiger partial charge in [0, 0.05) is 23.1 Å². The molecule has 0 saturated heterocycles. The number of carbonyl (C=O) groups is 1. The second-order valence-corrected chi connectivity index (χ2v) is 6.91. The summed E-state index contributed by atoms with van der Waals surface area (Å²) in [5.41, 5.74) is 2.45. The molecule has 0 amide bonds. The Morgan fingerprint density at radius 1 is 1.36 bits per heavy atom. The number of aryl methyl sites for hydroxylation is 2. The molecule has 2 aromatic heterocycles. The molecule has 3 aromatic rings. The molecule has 0 saturated carbocycles. The van der Waals surface area contributed by atoms with Gasteiger partial charge >= 0.3 is 5.97 Å². The first-order chi connectivity index (χ1) is 13.5. The molecule has 3 rings (SSSR count). The summed E-state index contributed by atoms with van der Waals surface area (Å²) < 4.78 is 24.3. The average Bonchev–Trinajstić information content (AvgIpc) is 3.03. The molecule has 28 heavy (non-hydrogen) atoms. The zero-order valence-corrected chi connectivity index (χ0v) is 16.0. The molecule has 6 nitrogen and oxygen atoms in total. The van der Waals surface area contributed by atoms with Gasteiger partial charge in [-0.3, -0.25) is 0 Å². The predicted octanol–water partition coefficient (Wildman–Crippen LogP) is 4.35. The number of nitrogens with zero attached hydrogens (tertiary/aromatic N) is 3. The van der Waals surface area contributed by atoms with Crippen LogP contribution in [0.3, 0.4) is 0 Å². The third-order valence-corrected chi connectivity index (χ3v) is 5.10. The summed E-state index contributed by atoms with van der Waals surface area (Å²) >= 11 is 1.37. The second kappa shape index (κ2) is 8.67. The van der Waals surface area contributed by atoms with Crippen molar-refractivity contribution in [1.82, 2.24) is 10.1 Å². The molecule has 0 radical (unpaired) electrons. The molecule has 8 heteroatoms. The Morgan fingerprint density at radius 2 is 2.18 bits per heavy atom. The topological polar surface area (TPSA) is 89.0 Å². The number of hydrogen-bond acceptors (Lipinski definition) is 7. The van der Waals surface area contributed by atoms with Gasteiger partial charge in [-0.1, -0.05) is 11.2 Å². The molecule has 1 aromatic carbocycles. The Bertz CT molecular complexity index is 1040. The number of carbonyl (C=O) groups excluding carboxylic acids is 1. The Balaban J connectivity index is 1.70. The SMILES string of the molecule is Cc1noc(C)c1CSc1ncccc1C(=O)OCc1ccc(C#N)cc1F. The van der Waals surface area contributed by atoms with Crippen molar-refractivity contribution in [2.45, 2.75) is 31.2 Å². The molecular formula is C20H16FN3O3S. The van der Waals surface area contributed by atoms with Gasteiger partial charge in [-0.15, -0.1) is 11.8 Å². The zero-order chi connectivity index (χ0) is 20.1. The molecule has 0 unspecified atom stereocenters. The van der Waals surface area contributed by atoms with Crippen molar-refractivity contribution in [3.8, 4) is 6.07 Å². The maximum absolute atomic E-state index is 13.9. The minimum Gasteiger partial charge on any atom is -0.457 e. The zero-order valence-electron chi connectivity index (χ0n) is 15.2. The summed E-state index contributed by atoms with van der Waals surface area (Å²) in [5, 5.41) is 13.2. The van der Waals surface area contributed by atoms with E-state index in [1.54, 1.807) is 18.3 Å². The molecule has 0 aliphatic heterocycles. The summed E-state index contributed by atoms with van der Waals surface area (Å²) in [7, 11) is 0. The summed E-state index contributed by atoms with van der Waals surface area (Å²) in [6.07, 6.45) is 1.59. The van der Waals surface area contributed by atoms with Crippen LogP contribution in [0.25, 0.3) is 0 Å². The molecule has 142 valence electrons. The van der Waals surface area contributed by atoms with Crippen LogP contribution in [0.15, 0.2) is 46.1 Å². The fourth-order valence-corrected chi connectivity index (χ4v) is 3.60. The highest BCUT2D eigenvalue weighted by Gasteiger charge is 2.17. The van der Waals surface area contributed by atoms with Crippen molar-refractivity contribution in [1.29, 1.82) is 5.26 Å². The normalized spacial score (nSPS) is 10.5. The third-order valence-electron chi connectivity index (χ3n) is 4.07. The molecule has 0 fully saturated rings. The Hall–Kier alpha value is -3.18. The summed E-state index contributed by atoms with van der Waals surface area (Å²) in [4.78, 5) is 16.7. The fourth-order valence-electron chi connectivity index (χ4n) is 2.46. The van der Waals surface area contributed by atoms with Crippen molar-refractivity contribution in [2.75, 3.05) is 0 Å². The molecule has 0 spiro atoms. The lowest BCUT2D eigenvalue weighted by Gasteiger charge is -2.09. The smallest absolute Gasteiger partial charge is 0.341 e. The average molecular weight is 397 g/mol. The lowest BCUT2D eigenvalue weighted by molar-refractivity contribution is 0.0464. The van der Waals surface area contributed by atoms with Crippen molar-refractivity contribution in [2.24, 2.45) is 0 Å². The van der Waals surface area contributed by atoms with E-state index in [4.69, 9.17) is 14.5 Å². The lowest BCUT2D eigenvalue weighted by atomic mass is 10.1. The summed E-state index contributed by atoms with van der Waals surface area (Å²) in [5.74, 6) is 0.0772. The Labute approximate surface area is 165 Å². The maximum Gasteiger partial charge on any atom is 0.341 e.